The summed E-state index contributed by atoms with van der Waals surface area (Å²) in [5, 5.41) is 3.52. The van der Waals surface area contributed by atoms with Gasteiger partial charge in [0.05, 0.1) is 0 Å². The topological polar surface area (TPSA) is 28.2 Å². The third kappa shape index (κ3) is 4.70. The first-order valence-electron chi connectivity index (χ1n) is 8.38. The highest BCUT2D eigenvalue weighted by Crippen LogP contribution is 2.32. The molecule has 0 atom stereocenters. The van der Waals surface area contributed by atoms with Crippen molar-refractivity contribution in [3.8, 4) is 0 Å². The van der Waals surface area contributed by atoms with Crippen molar-refractivity contribution in [3.63, 3.8) is 0 Å². The van der Waals surface area contributed by atoms with Crippen LogP contribution in [0, 0.1) is 5.41 Å². The summed E-state index contributed by atoms with van der Waals surface area (Å²) in [6.45, 7) is 14.5. The molecule has 1 saturated heterocycles. The Hall–Kier alpha value is -1.09. The van der Waals surface area contributed by atoms with Gasteiger partial charge in [-0.15, -0.1) is 0 Å². The zero-order chi connectivity index (χ0) is 15.5. The molecule has 3 heteroatoms. The van der Waals surface area contributed by atoms with Crippen molar-refractivity contribution in [2.24, 2.45) is 5.41 Å². The molecule has 1 aliphatic rings. The van der Waals surface area contributed by atoms with Crippen LogP contribution in [0.3, 0.4) is 0 Å². The van der Waals surface area contributed by atoms with Crippen molar-refractivity contribution >= 4 is 5.82 Å². The maximum atomic E-state index is 4.90. The molecule has 2 heterocycles. The van der Waals surface area contributed by atoms with Gasteiger partial charge in [0, 0.05) is 31.4 Å². The monoisotopic (exact) mass is 289 g/mol. The summed E-state index contributed by atoms with van der Waals surface area (Å²) in [4.78, 5) is 7.35. The number of anilines is 1. The van der Waals surface area contributed by atoms with Crippen LogP contribution in [0.15, 0.2) is 12.1 Å². The van der Waals surface area contributed by atoms with Crippen LogP contribution in [0.1, 0.15) is 58.7 Å². The molecule has 1 fully saturated rings. The lowest BCUT2D eigenvalue weighted by Crippen LogP contribution is -2.25. The fourth-order valence-corrected chi connectivity index (χ4v) is 2.91. The Morgan fingerprint density at radius 1 is 1.33 bits per heavy atom. The molecule has 0 aliphatic carbocycles. The Bertz CT molecular complexity index is 466. The molecule has 0 amide bonds. The van der Waals surface area contributed by atoms with E-state index in [9.17, 15) is 0 Å². The number of rotatable bonds is 6. The summed E-state index contributed by atoms with van der Waals surface area (Å²) < 4.78 is 0. The summed E-state index contributed by atoms with van der Waals surface area (Å²) in [6, 6.07) is 5.06. The number of aromatic nitrogens is 1. The predicted octanol–water partition coefficient (Wildman–Crippen LogP) is 3.77. The SMILES string of the molecule is CCCc1cc(CNC(C)C)cc(N2CCC(C)(C)C2)n1. The average molecular weight is 289 g/mol. The molecule has 21 heavy (non-hydrogen) atoms. The van der Waals surface area contributed by atoms with E-state index in [1.807, 2.05) is 0 Å². The minimum absolute atomic E-state index is 0.415. The Morgan fingerprint density at radius 2 is 2.10 bits per heavy atom. The van der Waals surface area contributed by atoms with Gasteiger partial charge in [-0.3, -0.25) is 0 Å². The summed E-state index contributed by atoms with van der Waals surface area (Å²) in [5.74, 6) is 1.17. The van der Waals surface area contributed by atoms with E-state index in [1.54, 1.807) is 0 Å². The van der Waals surface area contributed by atoms with Crippen molar-refractivity contribution in [3.05, 3.63) is 23.4 Å². The summed E-state index contributed by atoms with van der Waals surface area (Å²) in [7, 11) is 0. The molecule has 0 bridgehead atoms. The minimum Gasteiger partial charge on any atom is -0.356 e. The van der Waals surface area contributed by atoms with Gasteiger partial charge in [-0.25, -0.2) is 4.98 Å². The molecule has 3 nitrogen and oxygen atoms in total. The van der Waals surface area contributed by atoms with Crippen LogP contribution in [-0.2, 0) is 13.0 Å². The van der Waals surface area contributed by atoms with Crippen molar-refractivity contribution in [2.45, 2.75) is 66.5 Å². The van der Waals surface area contributed by atoms with Crippen LogP contribution in [0.4, 0.5) is 5.82 Å². The third-order valence-electron chi connectivity index (χ3n) is 4.15. The number of nitrogens with one attached hydrogen (secondary N) is 1. The molecule has 1 aliphatic heterocycles. The van der Waals surface area contributed by atoms with E-state index in [0.29, 0.717) is 11.5 Å². The molecular formula is C18H31N3. The molecule has 0 saturated carbocycles. The number of nitrogens with zero attached hydrogens (tertiary/aromatic N) is 2. The van der Waals surface area contributed by atoms with E-state index in [-0.39, 0.29) is 0 Å². The molecule has 118 valence electrons. The predicted molar refractivity (Wildman–Crippen MR) is 90.8 cm³/mol. The van der Waals surface area contributed by atoms with Crippen LogP contribution in [-0.4, -0.2) is 24.1 Å². The van der Waals surface area contributed by atoms with Crippen molar-refractivity contribution in [1.82, 2.24) is 10.3 Å². The molecule has 0 radical (unpaired) electrons. The van der Waals surface area contributed by atoms with Crippen LogP contribution in [0.2, 0.25) is 0 Å². The first-order valence-corrected chi connectivity index (χ1v) is 8.38. The van der Waals surface area contributed by atoms with Gasteiger partial charge >= 0.3 is 0 Å². The van der Waals surface area contributed by atoms with Gasteiger partial charge in [0.25, 0.3) is 0 Å². The van der Waals surface area contributed by atoms with E-state index < -0.39 is 0 Å². The normalized spacial score (nSPS) is 17.7. The van der Waals surface area contributed by atoms with Gasteiger partial charge < -0.3 is 10.2 Å². The smallest absolute Gasteiger partial charge is 0.129 e. The van der Waals surface area contributed by atoms with Crippen LogP contribution in [0.5, 0.6) is 0 Å². The average Bonchev–Trinajstić information content (AvgIpc) is 2.77. The summed E-state index contributed by atoms with van der Waals surface area (Å²) in [6.07, 6.45) is 3.48. The van der Waals surface area contributed by atoms with Crippen molar-refractivity contribution < 1.29 is 0 Å². The van der Waals surface area contributed by atoms with E-state index >= 15 is 0 Å². The quantitative estimate of drug-likeness (QED) is 0.864. The molecule has 1 aromatic heterocycles. The largest absolute Gasteiger partial charge is 0.356 e. The first-order chi connectivity index (χ1) is 9.89. The molecule has 1 aromatic rings. The standard InChI is InChI=1S/C18H31N3/c1-6-7-16-10-15(12-19-14(2)3)11-17(20-16)21-9-8-18(4,5)13-21/h10-11,14,19H,6-9,12-13H2,1-5H3. The number of pyridine rings is 1. The van der Waals surface area contributed by atoms with Crippen LogP contribution in [0.25, 0.3) is 0 Å². The highest BCUT2D eigenvalue weighted by Gasteiger charge is 2.30. The highest BCUT2D eigenvalue weighted by molar-refractivity contribution is 5.44. The van der Waals surface area contributed by atoms with Crippen LogP contribution < -0.4 is 10.2 Å². The van der Waals surface area contributed by atoms with E-state index in [2.05, 4.69) is 57.0 Å². The molecular weight excluding hydrogens is 258 g/mol. The second-order valence-corrected chi connectivity index (χ2v) is 7.45. The highest BCUT2D eigenvalue weighted by atomic mass is 15.2. The number of aryl methyl sites for hydroxylation is 1. The van der Waals surface area contributed by atoms with Crippen molar-refractivity contribution in [1.29, 1.82) is 0 Å². The van der Waals surface area contributed by atoms with E-state index in [4.69, 9.17) is 4.98 Å². The Morgan fingerprint density at radius 3 is 2.67 bits per heavy atom. The molecule has 0 spiro atoms. The Balaban J connectivity index is 2.19. The summed E-state index contributed by atoms with van der Waals surface area (Å²) in [5.41, 5.74) is 3.01. The summed E-state index contributed by atoms with van der Waals surface area (Å²) >= 11 is 0. The van der Waals surface area contributed by atoms with Gasteiger partial charge in [0.2, 0.25) is 0 Å². The van der Waals surface area contributed by atoms with Gasteiger partial charge in [0.15, 0.2) is 0 Å². The zero-order valence-electron chi connectivity index (χ0n) is 14.4. The Kier molecular flexibility index (Phi) is 5.26. The second kappa shape index (κ2) is 6.78. The lowest BCUT2D eigenvalue weighted by Gasteiger charge is -2.22. The molecule has 2 rings (SSSR count). The second-order valence-electron chi connectivity index (χ2n) is 7.45. The van der Waals surface area contributed by atoms with Gasteiger partial charge in [-0.2, -0.15) is 0 Å². The molecule has 0 unspecified atom stereocenters. The lowest BCUT2D eigenvalue weighted by molar-refractivity contribution is 0.418. The zero-order valence-corrected chi connectivity index (χ0v) is 14.4. The van der Waals surface area contributed by atoms with Crippen molar-refractivity contribution in [2.75, 3.05) is 18.0 Å². The maximum absolute atomic E-state index is 4.90. The molecule has 1 N–H and O–H groups in total. The number of hydrogen-bond donors (Lipinski definition) is 1. The molecule has 0 aromatic carbocycles. The Labute approximate surface area is 130 Å². The van der Waals surface area contributed by atoms with Crippen LogP contribution >= 0.6 is 0 Å². The minimum atomic E-state index is 0.415. The fraction of sp³-hybridized carbons (Fsp3) is 0.722. The lowest BCUT2D eigenvalue weighted by atomic mass is 9.93. The fourth-order valence-electron chi connectivity index (χ4n) is 2.91. The van der Waals surface area contributed by atoms with E-state index in [0.717, 1.165) is 32.5 Å². The third-order valence-corrected chi connectivity index (χ3v) is 4.15. The van der Waals surface area contributed by atoms with Gasteiger partial charge in [-0.05, 0) is 36.0 Å². The number of hydrogen-bond acceptors (Lipinski definition) is 3. The van der Waals surface area contributed by atoms with Gasteiger partial charge in [-0.1, -0.05) is 41.0 Å². The van der Waals surface area contributed by atoms with E-state index in [1.165, 1.54) is 23.5 Å². The first kappa shape index (κ1) is 16.3. The van der Waals surface area contributed by atoms with Gasteiger partial charge in [0.1, 0.15) is 5.82 Å². The maximum Gasteiger partial charge on any atom is 0.129 e.